The highest BCUT2D eigenvalue weighted by Gasteiger charge is 2.28. The molecule has 1 aliphatic heterocycles. The van der Waals surface area contributed by atoms with Crippen molar-refractivity contribution in [1.29, 1.82) is 0 Å². The lowest BCUT2D eigenvalue weighted by Crippen LogP contribution is -2.39. The maximum Gasteiger partial charge on any atom is 0.0707 e. The zero-order valence-electron chi connectivity index (χ0n) is 11.4. The SMILES string of the molecule is CC1CCC(N(C)CC2CCC(CN)O2)CC1. The van der Waals surface area contributed by atoms with Gasteiger partial charge in [-0.3, -0.25) is 0 Å². The Hall–Kier alpha value is -0.120. The number of nitrogens with zero attached hydrogens (tertiary/aromatic N) is 1. The van der Waals surface area contributed by atoms with Crippen LogP contribution in [-0.2, 0) is 4.74 Å². The van der Waals surface area contributed by atoms with Gasteiger partial charge in [0.2, 0.25) is 0 Å². The third-order valence-corrected chi connectivity index (χ3v) is 4.56. The molecule has 17 heavy (non-hydrogen) atoms. The van der Waals surface area contributed by atoms with Gasteiger partial charge in [-0.15, -0.1) is 0 Å². The highest BCUT2D eigenvalue weighted by atomic mass is 16.5. The Bertz CT molecular complexity index is 226. The molecule has 2 fully saturated rings. The standard InChI is InChI=1S/C14H28N2O/c1-11-3-5-12(6-4-11)16(2)10-14-8-7-13(9-15)17-14/h11-14H,3-10,15H2,1-2H3. The van der Waals surface area contributed by atoms with E-state index in [2.05, 4.69) is 18.9 Å². The van der Waals surface area contributed by atoms with E-state index in [1.165, 1.54) is 32.1 Å². The lowest BCUT2D eigenvalue weighted by molar-refractivity contribution is 0.0191. The van der Waals surface area contributed by atoms with Crippen molar-refractivity contribution in [2.24, 2.45) is 11.7 Å². The van der Waals surface area contributed by atoms with Crippen LogP contribution in [0.4, 0.5) is 0 Å². The molecule has 0 aromatic carbocycles. The minimum absolute atomic E-state index is 0.319. The first-order valence-electron chi connectivity index (χ1n) is 7.24. The quantitative estimate of drug-likeness (QED) is 0.817. The molecule has 2 unspecified atom stereocenters. The van der Waals surface area contributed by atoms with Crippen molar-refractivity contribution in [3.05, 3.63) is 0 Å². The molecule has 1 saturated carbocycles. The number of likely N-dealkylation sites (N-methyl/N-ethyl adjacent to an activating group) is 1. The number of hydrogen-bond acceptors (Lipinski definition) is 3. The second-order valence-electron chi connectivity index (χ2n) is 6.05. The summed E-state index contributed by atoms with van der Waals surface area (Å²) in [6.45, 7) is 4.15. The van der Waals surface area contributed by atoms with E-state index >= 15 is 0 Å². The summed E-state index contributed by atoms with van der Waals surface area (Å²) in [6.07, 6.45) is 8.60. The van der Waals surface area contributed by atoms with E-state index in [0.29, 0.717) is 18.8 Å². The van der Waals surface area contributed by atoms with E-state index in [1.807, 2.05) is 0 Å². The monoisotopic (exact) mass is 240 g/mol. The molecule has 0 aromatic rings. The van der Waals surface area contributed by atoms with Gasteiger partial charge >= 0.3 is 0 Å². The first-order valence-corrected chi connectivity index (χ1v) is 7.24. The van der Waals surface area contributed by atoms with Crippen LogP contribution in [0, 0.1) is 5.92 Å². The lowest BCUT2D eigenvalue weighted by atomic mass is 9.86. The highest BCUT2D eigenvalue weighted by molar-refractivity contribution is 4.81. The molecule has 0 bridgehead atoms. The Morgan fingerprint density at radius 2 is 1.71 bits per heavy atom. The van der Waals surface area contributed by atoms with Crippen LogP contribution in [-0.4, -0.2) is 43.3 Å². The molecule has 2 atom stereocenters. The summed E-state index contributed by atoms with van der Waals surface area (Å²) >= 11 is 0. The van der Waals surface area contributed by atoms with Crippen LogP contribution in [0.25, 0.3) is 0 Å². The van der Waals surface area contributed by atoms with Gasteiger partial charge in [0.1, 0.15) is 0 Å². The molecule has 100 valence electrons. The Morgan fingerprint density at radius 1 is 1.06 bits per heavy atom. The average Bonchev–Trinajstić information content (AvgIpc) is 2.77. The van der Waals surface area contributed by atoms with Gasteiger partial charge in [-0.05, 0) is 51.5 Å². The molecule has 3 heteroatoms. The van der Waals surface area contributed by atoms with Crippen molar-refractivity contribution in [2.45, 2.75) is 63.7 Å². The van der Waals surface area contributed by atoms with Gasteiger partial charge in [0.05, 0.1) is 12.2 Å². The molecule has 2 N–H and O–H groups in total. The summed E-state index contributed by atoms with van der Waals surface area (Å²) in [5.74, 6) is 0.934. The van der Waals surface area contributed by atoms with Gasteiger partial charge in [-0.2, -0.15) is 0 Å². The number of hydrogen-bond donors (Lipinski definition) is 1. The molecule has 1 heterocycles. The van der Waals surface area contributed by atoms with E-state index in [0.717, 1.165) is 24.9 Å². The molecule has 0 aromatic heterocycles. The van der Waals surface area contributed by atoms with Crippen LogP contribution in [0.1, 0.15) is 45.4 Å². The summed E-state index contributed by atoms with van der Waals surface area (Å²) < 4.78 is 5.93. The van der Waals surface area contributed by atoms with Crippen molar-refractivity contribution in [1.82, 2.24) is 4.90 Å². The van der Waals surface area contributed by atoms with Crippen molar-refractivity contribution in [3.63, 3.8) is 0 Å². The molecule has 2 rings (SSSR count). The molecule has 0 spiro atoms. The Morgan fingerprint density at radius 3 is 2.29 bits per heavy atom. The minimum atomic E-state index is 0.319. The summed E-state index contributed by atoms with van der Waals surface area (Å²) in [7, 11) is 2.26. The van der Waals surface area contributed by atoms with Crippen LogP contribution in [0.15, 0.2) is 0 Å². The van der Waals surface area contributed by atoms with Crippen LogP contribution in [0.2, 0.25) is 0 Å². The predicted octanol–water partition coefficient (Wildman–Crippen LogP) is 2.00. The number of rotatable bonds is 4. The number of ether oxygens (including phenoxy) is 1. The van der Waals surface area contributed by atoms with Gasteiger partial charge in [-0.25, -0.2) is 0 Å². The normalized spacial score (nSPS) is 38.8. The van der Waals surface area contributed by atoms with Crippen molar-refractivity contribution < 1.29 is 4.74 Å². The maximum absolute atomic E-state index is 5.93. The van der Waals surface area contributed by atoms with E-state index in [1.54, 1.807) is 0 Å². The fraction of sp³-hybridized carbons (Fsp3) is 1.00. The molecule has 0 radical (unpaired) electrons. The smallest absolute Gasteiger partial charge is 0.0707 e. The van der Waals surface area contributed by atoms with Gasteiger partial charge in [-0.1, -0.05) is 6.92 Å². The second-order valence-corrected chi connectivity index (χ2v) is 6.05. The summed E-state index contributed by atoms with van der Waals surface area (Å²) in [5, 5.41) is 0. The minimum Gasteiger partial charge on any atom is -0.372 e. The molecular formula is C14H28N2O. The molecule has 2 aliphatic rings. The Kier molecular flexibility index (Phi) is 4.83. The summed E-state index contributed by atoms with van der Waals surface area (Å²) in [5.41, 5.74) is 5.65. The first kappa shape index (κ1) is 13.3. The Labute approximate surface area is 106 Å². The third-order valence-electron chi connectivity index (χ3n) is 4.56. The average molecular weight is 240 g/mol. The van der Waals surface area contributed by atoms with Gasteiger partial charge < -0.3 is 15.4 Å². The zero-order chi connectivity index (χ0) is 12.3. The van der Waals surface area contributed by atoms with Crippen LogP contribution in [0.3, 0.4) is 0 Å². The van der Waals surface area contributed by atoms with Gasteiger partial charge in [0.25, 0.3) is 0 Å². The first-order chi connectivity index (χ1) is 8.19. The van der Waals surface area contributed by atoms with Crippen molar-refractivity contribution in [2.75, 3.05) is 20.1 Å². The van der Waals surface area contributed by atoms with Gasteiger partial charge in [0, 0.05) is 19.1 Å². The Balaban J connectivity index is 1.72. The fourth-order valence-electron chi connectivity index (χ4n) is 3.24. The largest absolute Gasteiger partial charge is 0.372 e. The maximum atomic E-state index is 5.93. The zero-order valence-corrected chi connectivity index (χ0v) is 11.4. The highest BCUT2D eigenvalue weighted by Crippen LogP contribution is 2.28. The third kappa shape index (κ3) is 3.67. The molecule has 1 aliphatic carbocycles. The van der Waals surface area contributed by atoms with E-state index < -0.39 is 0 Å². The molecular weight excluding hydrogens is 212 g/mol. The van der Waals surface area contributed by atoms with Gasteiger partial charge in [0.15, 0.2) is 0 Å². The van der Waals surface area contributed by atoms with Crippen molar-refractivity contribution >= 4 is 0 Å². The summed E-state index contributed by atoms with van der Waals surface area (Å²) in [4.78, 5) is 2.52. The summed E-state index contributed by atoms with van der Waals surface area (Å²) in [6, 6.07) is 0.784. The fourth-order valence-corrected chi connectivity index (χ4v) is 3.24. The molecule has 1 saturated heterocycles. The molecule has 0 amide bonds. The predicted molar refractivity (Wildman–Crippen MR) is 71.0 cm³/mol. The van der Waals surface area contributed by atoms with Crippen LogP contribution >= 0.6 is 0 Å². The van der Waals surface area contributed by atoms with E-state index in [-0.39, 0.29) is 0 Å². The topological polar surface area (TPSA) is 38.5 Å². The van der Waals surface area contributed by atoms with E-state index in [9.17, 15) is 0 Å². The van der Waals surface area contributed by atoms with Crippen LogP contribution < -0.4 is 5.73 Å². The second kappa shape index (κ2) is 6.17. The molecule has 3 nitrogen and oxygen atoms in total. The van der Waals surface area contributed by atoms with Crippen molar-refractivity contribution in [3.8, 4) is 0 Å². The van der Waals surface area contributed by atoms with Crippen LogP contribution in [0.5, 0.6) is 0 Å². The van der Waals surface area contributed by atoms with E-state index in [4.69, 9.17) is 10.5 Å². The lowest BCUT2D eigenvalue weighted by Gasteiger charge is -2.34. The number of nitrogens with two attached hydrogens (primary N) is 1.